The fourth-order valence-corrected chi connectivity index (χ4v) is 5.29. The average molecular weight is 474 g/mol. The summed E-state index contributed by atoms with van der Waals surface area (Å²) in [6, 6.07) is 3.90. The Balaban J connectivity index is 1.69. The van der Waals surface area contributed by atoms with E-state index in [9.17, 15) is 8.78 Å². The standard InChI is InChI=1S/C25H37F2N7/c1-30-14-17(13-28)19-11-16-3-2-10-34(23(16)12-20(19)24(26)27)25(29)21-15-32-9-6-22(21)33-18-4-7-31-8-5-18/h11-14,18,24-25,31-33H,2-10,15,28-29H2,1H3. The number of rotatable bonds is 7. The molecule has 1 saturated heterocycles. The lowest BCUT2D eigenvalue weighted by Crippen LogP contribution is -2.51. The highest BCUT2D eigenvalue weighted by Gasteiger charge is 2.30. The van der Waals surface area contributed by atoms with Crippen LogP contribution in [-0.4, -0.2) is 58.2 Å². The molecule has 7 N–H and O–H groups in total. The van der Waals surface area contributed by atoms with Crippen LogP contribution in [0.5, 0.6) is 0 Å². The summed E-state index contributed by atoms with van der Waals surface area (Å²) in [6.45, 7) is 4.38. The first-order valence-corrected chi connectivity index (χ1v) is 12.2. The SMILES string of the molecule is CN=CC(=CN)c1cc2c(cc1C(F)F)N(C(N)C1=C(NC3CCNCC3)CCNC1)CCC2. The number of anilines is 1. The van der Waals surface area contributed by atoms with Gasteiger partial charge in [-0.05, 0) is 74.0 Å². The topological polar surface area (TPSA) is 104 Å². The summed E-state index contributed by atoms with van der Waals surface area (Å²) in [5.41, 5.74) is 17.6. The Morgan fingerprint density at radius 2 is 2.00 bits per heavy atom. The highest BCUT2D eigenvalue weighted by molar-refractivity contribution is 6.10. The van der Waals surface area contributed by atoms with E-state index in [1.807, 2.05) is 6.07 Å². The van der Waals surface area contributed by atoms with Gasteiger partial charge in [-0.2, -0.15) is 0 Å². The van der Waals surface area contributed by atoms with E-state index in [4.69, 9.17) is 11.5 Å². The van der Waals surface area contributed by atoms with Crippen LogP contribution >= 0.6 is 0 Å². The lowest BCUT2D eigenvalue weighted by atomic mass is 9.91. The molecule has 0 bridgehead atoms. The van der Waals surface area contributed by atoms with E-state index in [0.717, 1.165) is 75.1 Å². The first-order chi connectivity index (χ1) is 16.5. The van der Waals surface area contributed by atoms with Gasteiger partial charge in [-0.25, -0.2) is 8.78 Å². The molecule has 3 aliphatic heterocycles. The molecule has 1 aromatic rings. The highest BCUT2D eigenvalue weighted by Crippen LogP contribution is 2.38. The molecule has 1 aromatic carbocycles. The van der Waals surface area contributed by atoms with Crippen molar-refractivity contribution in [1.29, 1.82) is 0 Å². The Kier molecular flexibility index (Phi) is 8.18. The maximum Gasteiger partial charge on any atom is 0.264 e. The van der Waals surface area contributed by atoms with Gasteiger partial charge in [0.25, 0.3) is 6.43 Å². The number of aliphatic imine (C=N–C) groups is 1. The van der Waals surface area contributed by atoms with Gasteiger partial charge in [0.05, 0.1) is 0 Å². The number of allylic oxidation sites excluding steroid dienone is 1. The quantitative estimate of drug-likeness (QED) is 0.389. The summed E-state index contributed by atoms with van der Waals surface area (Å²) >= 11 is 0. The second-order valence-electron chi connectivity index (χ2n) is 9.22. The first-order valence-electron chi connectivity index (χ1n) is 12.2. The zero-order chi connectivity index (χ0) is 24.1. The van der Waals surface area contributed by atoms with Crippen molar-refractivity contribution < 1.29 is 8.78 Å². The molecular weight excluding hydrogens is 436 g/mol. The second kappa shape index (κ2) is 11.3. The van der Waals surface area contributed by atoms with Crippen LogP contribution in [0.4, 0.5) is 14.5 Å². The number of hydrogen-bond acceptors (Lipinski definition) is 7. The van der Waals surface area contributed by atoms with Gasteiger partial charge in [-0.15, -0.1) is 0 Å². The fraction of sp³-hybridized carbons (Fsp3) is 0.560. The Hall–Kier alpha value is -2.49. The van der Waals surface area contributed by atoms with Gasteiger partial charge in [0.1, 0.15) is 6.17 Å². The number of nitrogens with two attached hydrogens (primary N) is 2. The fourth-order valence-electron chi connectivity index (χ4n) is 5.29. The van der Waals surface area contributed by atoms with E-state index in [2.05, 4.69) is 25.8 Å². The molecule has 34 heavy (non-hydrogen) atoms. The summed E-state index contributed by atoms with van der Waals surface area (Å²) in [6.07, 6.45) is 4.65. The van der Waals surface area contributed by atoms with Crippen LogP contribution in [0.3, 0.4) is 0 Å². The second-order valence-corrected chi connectivity index (χ2v) is 9.22. The van der Waals surface area contributed by atoms with Crippen LogP contribution in [0.15, 0.2) is 34.6 Å². The molecule has 186 valence electrons. The smallest absolute Gasteiger partial charge is 0.264 e. The van der Waals surface area contributed by atoms with Crippen molar-refractivity contribution in [2.24, 2.45) is 16.5 Å². The van der Waals surface area contributed by atoms with Crippen LogP contribution in [0.2, 0.25) is 0 Å². The molecule has 1 atom stereocenters. The lowest BCUT2D eigenvalue weighted by Gasteiger charge is -2.40. The normalized spacial score (nSPS) is 21.3. The monoisotopic (exact) mass is 473 g/mol. The Labute approximate surface area is 200 Å². The van der Waals surface area contributed by atoms with Gasteiger partial charge < -0.3 is 32.3 Å². The van der Waals surface area contributed by atoms with E-state index in [-0.39, 0.29) is 11.7 Å². The third kappa shape index (κ3) is 5.26. The molecule has 0 radical (unpaired) electrons. The molecule has 3 aliphatic rings. The number of fused-ring (bicyclic) bond motifs is 1. The summed E-state index contributed by atoms with van der Waals surface area (Å²) in [5, 5.41) is 10.6. The number of nitrogens with one attached hydrogen (secondary N) is 3. The van der Waals surface area contributed by atoms with Gasteiger partial charge in [-0.3, -0.25) is 4.99 Å². The minimum absolute atomic E-state index is 0.0433. The van der Waals surface area contributed by atoms with Gasteiger partial charge in [0.2, 0.25) is 0 Å². The van der Waals surface area contributed by atoms with E-state index in [1.54, 1.807) is 13.1 Å². The Morgan fingerprint density at radius 3 is 2.71 bits per heavy atom. The lowest BCUT2D eigenvalue weighted by molar-refractivity contribution is 0.151. The Morgan fingerprint density at radius 1 is 1.21 bits per heavy atom. The molecule has 0 saturated carbocycles. The number of nitrogens with zero attached hydrogens (tertiary/aromatic N) is 2. The number of piperidine rings is 1. The molecular formula is C25H37F2N7. The van der Waals surface area contributed by atoms with Crippen LogP contribution < -0.4 is 32.3 Å². The maximum atomic E-state index is 14.1. The van der Waals surface area contributed by atoms with Gasteiger partial charge in [-0.1, -0.05) is 0 Å². The van der Waals surface area contributed by atoms with E-state index in [1.165, 1.54) is 18.1 Å². The van der Waals surface area contributed by atoms with Crippen molar-refractivity contribution in [2.75, 3.05) is 44.7 Å². The van der Waals surface area contributed by atoms with Crippen LogP contribution in [0.25, 0.3) is 5.57 Å². The molecule has 1 unspecified atom stereocenters. The van der Waals surface area contributed by atoms with E-state index < -0.39 is 6.43 Å². The maximum absolute atomic E-state index is 14.1. The predicted molar refractivity (Wildman–Crippen MR) is 135 cm³/mol. The number of alkyl halides is 2. The molecule has 1 fully saturated rings. The van der Waals surface area contributed by atoms with Crippen molar-refractivity contribution in [3.63, 3.8) is 0 Å². The molecule has 0 aromatic heterocycles. The summed E-state index contributed by atoms with van der Waals surface area (Å²) in [7, 11) is 1.60. The Bertz CT molecular complexity index is 951. The molecule has 4 rings (SSSR count). The summed E-state index contributed by atoms with van der Waals surface area (Å²) in [5.74, 6) is 0. The molecule has 0 spiro atoms. The summed E-state index contributed by atoms with van der Waals surface area (Å²) in [4.78, 5) is 6.08. The van der Waals surface area contributed by atoms with Crippen LogP contribution in [0, 0.1) is 0 Å². The predicted octanol–water partition coefficient (Wildman–Crippen LogP) is 2.25. The van der Waals surface area contributed by atoms with Crippen molar-refractivity contribution >= 4 is 17.5 Å². The van der Waals surface area contributed by atoms with Crippen molar-refractivity contribution in [3.8, 4) is 0 Å². The number of halogens is 2. The third-order valence-corrected chi connectivity index (χ3v) is 7.06. The van der Waals surface area contributed by atoms with Crippen molar-refractivity contribution in [1.82, 2.24) is 16.0 Å². The van der Waals surface area contributed by atoms with Gasteiger partial charge in [0, 0.05) is 67.7 Å². The van der Waals surface area contributed by atoms with E-state index >= 15 is 0 Å². The molecule has 7 nitrogen and oxygen atoms in total. The number of aryl methyl sites for hydroxylation is 1. The zero-order valence-electron chi connectivity index (χ0n) is 19.9. The molecule has 0 aliphatic carbocycles. The first kappa shape index (κ1) is 24.6. The third-order valence-electron chi connectivity index (χ3n) is 7.06. The van der Waals surface area contributed by atoms with Gasteiger partial charge in [0.15, 0.2) is 0 Å². The highest BCUT2D eigenvalue weighted by atomic mass is 19.3. The molecule has 3 heterocycles. The van der Waals surface area contributed by atoms with Gasteiger partial charge >= 0.3 is 0 Å². The van der Waals surface area contributed by atoms with Crippen LogP contribution in [-0.2, 0) is 6.42 Å². The molecule has 0 amide bonds. The minimum atomic E-state index is -2.63. The largest absolute Gasteiger partial charge is 0.404 e. The van der Waals surface area contributed by atoms with E-state index in [0.29, 0.717) is 23.7 Å². The average Bonchev–Trinajstić information content (AvgIpc) is 2.86. The minimum Gasteiger partial charge on any atom is -0.404 e. The number of hydrogen-bond donors (Lipinski definition) is 5. The number of benzene rings is 1. The zero-order valence-corrected chi connectivity index (χ0v) is 19.9. The van der Waals surface area contributed by atoms with Crippen molar-refractivity contribution in [3.05, 3.63) is 46.3 Å². The summed E-state index contributed by atoms with van der Waals surface area (Å²) < 4.78 is 28.3. The van der Waals surface area contributed by atoms with Crippen LogP contribution in [0.1, 0.15) is 48.8 Å². The molecule has 9 heteroatoms. The van der Waals surface area contributed by atoms with Crippen molar-refractivity contribution in [2.45, 2.75) is 50.7 Å².